The molecule has 11 heteroatoms. The molecular formula is C20H23F3N4O4. The first-order valence-corrected chi connectivity index (χ1v) is 9.40. The molecule has 1 aromatic carbocycles. The van der Waals surface area contributed by atoms with Gasteiger partial charge in [-0.1, -0.05) is 12.1 Å². The van der Waals surface area contributed by atoms with Crippen LogP contribution in [-0.4, -0.2) is 49.8 Å². The Morgan fingerprint density at radius 1 is 0.968 bits per heavy atom. The van der Waals surface area contributed by atoms with Crippen molar-refractivity contribution in [1.29, 1.82) is 0 Å². The molecule has 1 heterocycles. The number of amides is 2. The molecule has 2 rings (SSSR count). The summed E-state index contributed by atoms with van der Waals surface area (Å²) in [5.74, 6) is -1.04. The SMILES string of the molecule is NCCOCCOCCC(=O)Nc1ccccc1C(=O)Nc1ccc(C(F)(F)F)cn1. The number of nitrogens with one attached hydrogen (secondary N) is 2. The van der Waals surface area contributed by atoms with Gasteiger partial charge in [0, 0.05) is 12.7 Å². The summed E-state index contributed by atoms with van der Waals surface area (Å²) in [7, 11) is 0. The molecule has 0 spiro atoms. The lowest BCUT2D eigenvalue weighted by Crippen LogP contribution is -2.20. The first kappa shape index (κ1) is 24.3. The Morgan fingerprint density at radius 3 is 2.32 bits per heavy atom. The summed E-state index contributed by atoms with van der Waals surface area (Å²) in [6.07, 6.45) is -3.83. The first-order valence-electron chi connectivity index (χ1n) is 9.40. The summed E-state index contributed by atoms with van der Waals surface area (Å²) >= 11 is 0. The standard InChI is InChI=1S/C20H23F3N4O4/c21-20(22,23)14-5-6-17(25-13-14)27-19(29)15-3-1-2-4-16(15)26-18(28)7-9-30-11-12-31-10-8-24/h1-6,13H,7-12,24H2,(H,26,28)(H,25,27,29). The first-order chi connectivity index (χ1) is 14.8. The number of ether oxygens (including phenoxy) is 2. The molecule has 0 atom stereocenters. The van der Waals surface area contributed by atoms with Gasteiger partial charge in [0.05, 0.1) is 49.7 Å². The van der Waals surface area contributed by atoms with Gasteiger partial charge in [0.2, 0.25) is 5.91 Å². The van der Waals surface area contributed by atoms with Crippen LogP contribution in [0, 0.1) is 0 Å². The maximum atomic E-state index is 12.6. The minimum absolute atomic E-state index is 0.0515. The van der Waals surface area contributed by atoms with Gasteiger partial charge in [-0.05, 0) is 24.3 Å². The number of hydrogen-bond donors (Lipinski definition) is 3. The van der Waals surface area contributed by atoms with Crippen molar-refractivity contribution in [3.8, 4) is 0 Å². The fourth-order valence-electron chi connectivity index (χ4n) is 2.39. The molecule has 0 fully saturated rings. The van der Waals surface area contributed by atoms with Gasteiger partial charge < -0.3 is 25.8 Å². The monoisotopic (exact) mass is 440 g/mol. The van der Waals surface area contributed by atoms with E-state index in [1.54, 1.807) is 12.1 Å². The second kappa shape index (κ2) is 12.0. The second-order valence-corrected chi connectivity index (χ2v) is 6.24. The number of hydrogen-bond acceptors (Lipinski definition) is 6. The Kier molecular flexibility index (Phi) is 9.38. The summed E-state index contributed by atoms with van der Waals surface area (Å²) in [4.78, 5) is 28.2. The van der Waals surface area contributed by atoms with Crippen molar-refractivity contribution < 1.29 is 32.2 Å². The molecule has 0 saturated carbocycles. The molecule has 4 N–H and O–H groups in total. The number of carbonyl (C=O) groups is 2. The van der Waals surface area contributed by atoms with Crippen molar-refractivity contribution in [2.45, 2.75) is 12.6 Å². The zero-order valence-electron chi connectivity index (χ0n) is 16.6. The number of para-hydroxylation sites is 1. The molecule has 168 valence electrons. The van der Waals surface area contributed by atoms with Crippen LogP contribution in [0.15, 0.2) is 42.6 Å². The summed E-state index contributed by atoms with van der Waals surface area (Å²) in [6, 6.07) is 8.10. The Morgan fingerprint density at radius 2 is 1.68 bits per heavy atom. The van der Waals surface area contributed by atoms with Crippen LogP contribution in [0.4, 0.5) is 24.7 Å². The number of aromatic nitrogens is 1. The van der Waals surface area contributed by atoms with E-state index in [0.717, 1.165) is 12.1 Å². The van der Waals surface area contributed by atoms with Gasteiger partial charge in [0.1, 0.15) is 5.82 Å². The lowest BCUT2D eigenvalue weighted by molar-refractivity contribution is -0.137. The maximum absolute atomic E-state index is 12.6. The van der Waals surface area contributed by atoms with Gasteiger partial charge in [-0.15, -0.1) is 0 Å². The molecule has 0 aliphatic heterocycles. The van der Waals surface area contributed by atoms with Crippen molar-refractivity contribution in [3.63, 3.8) is 0 Å². The topological polar surface area (TPSA) is 116 Å². The summed E-state index contributed by atoms with van der Waals surface area (Å²) in [5, 5.41) is 5.03. The third-order valence-electron chi connectivity index (χ3n) is 3.89. The number of alkyl halides is 3. The molecule has 2 amide bonds. The van der Waals surface area contributed by atoms with E-state index in [4.69, 9.17) is 15.2 Å². The molecule has 8 nitrogen and oxygen atoms in total. The number of carbonyl (C=O) groups excluding carboxylic acids is 2. The van der Waals surface area contributed by atoms with Crippen LogP contribution in [0.3, 0.4) is 0 Å². The van der Waals surface area contributed by atoms with Crippen molar-refractivity contribution in [3.05, 3.63) is 53.7 Å². The number of halogens is 3. The third-order valence-corrected chi connectivity index (χ3v) is 3.89. The van der Waals surface area contributed by atoms with E-state index in [-0.39, 0.29) is 36.0 Å². The predicted molar refractivity (Wildman–Crippen MR) is 108 cm³/mol. The highest BCUT2D eigenvalue weighted by atomic mass is 19.4. The summed E-state index contributed by atoms with van der Waals surface area (Å²) in [5.41, 5.74) is 4.75. The fourth-order valence-corrected chi connectivity index (χ4v) is 2.39. The molecule has 0 saturated heterocycles. The number of benzene rings is 1. The van der Waals surface area contributed by atoms with Crippen LogP contribution < -0.4 is 16.4 Å². The third kappa shape index (κ3) is 8.32. The molecule has 0 bridgehead atoms. The van der Waals surface area contributed by atoms with Gasteiger partial charge >= 0.3 is 6.18 Å². The Hall–Kier alpha value is -3.02. The van der Waals surface area contributed by atoms with Gasteiger partial charge in [-0.3, -0.25) is 9.59 Å². The quantitative estimate of drug-likeness (QED) is 0.463. The molecule has 0 aliphatic rings. The molecule has 31 heavy (non-hydrogen) atoms. The van der Waals surface area contributed by atoms with E-state index >= 15 is 0 Å². The zero-order chi connectivity index (χ0) is 22.7. The van der Waals surface area contributed by atoms with Crippen molar-refractivity contribution >= 4 is 23.3 Å². The number of anilines is 2. The lowest BCUT2D eigenvalue weighted by atomic mass is 10.1. The minimum atomic E-state index is -4.52. The second-order valence-electron chi connectivity index (χ2n) is 6.24. The average Bonchev–Trinajstić information content (AvgIpc) is 2.73. The maximum Gasteiger partial charge on any atom is 0.417 e. The van der Waals surface area contributed by atoms with E-state index < -0.39 is 17.6 Å². The van der Waals surface area contributed by atoms with Crippen molar-refractivity contribution in [2.75, 3.05) is 43.6 Å². The van der Waals surface area contributed by atoms with Crippen LogP contribution >= 0.6 is 0 Å². The van der Waals surface area contributed by atoms with Crippen LogP contribution in [0.5, 0.6) is 0 Å². The van der Waals surface area contributed by atoms with Crippen molar-refractivity contribution in [1.82, 2.24) is 4.98 Å². The molecule has 0 unspecified atom stereocenters. The van der Waals surface area contributed by atoms with Crippen LogP contribution in [-0.2, 0) is 20.4 Å². The average molecular weight is 440 g/mol. The summed E-state index contributed by atoms with van der Waals surface area (Å²) < 4.78 is 48.3. The van der Waals surface area contributed by atoms with E-state index in [2.05, 4.69) is 15.6 Å². The lowest BCUT2D eigenvalue weighted by Gasteiger charge is -2.12. The van der Waals surface area contributed by atoms with E-state index in [0.29, 0.717) is 32.6 Å². The number of pyridine rings is 1. The smallest absolute Gasteiger partial charge is 0.379 e. The number of nitrogens with two attached hydrogens (primary N) is 1. The van der Waals surface area contributed by atoms with E-state index in [9.17, 15) is 22.8 Å². The van der Waals surface area contributed by atoms with Gasteiger partial charge in [-0.2, -0.15) is 13.2 Å². The van der Waals surface area contributed by atoms with Gasteiger partial charge in [0.15, 0.2) is 0 Å². The fraction of sp³-hybridized carbons (Fsp3) is 0.350. The predicted octanol–water partition coefficient (Wildman–Crippen LogP) is 2.67. The van der Waals surface area contributed by atoms with Crippen LogP contribution in [0.1, 0.15) is 22.3 Å². The summed E-state index contributed by atoms with van der Waals surface area (Å²) in [6.45, 7) is 1.73. The van der Waals surface area contributed by atoms with E-state index in [1.165, 1.54) is 12.1 Å². The highest BCUT2D eigenvalue weighted by Gasteiger charge is 2.30. The molecule has 2 aromatic rings. The normalized spacial score (nSPS) is 11.2. The van der Waals surface area contributed by atoms with Gasteiger partial charge in [0.25, 0.3) is 5.91 Å². The number of nitrogens with zero attached hydrogens (tertiary/aromatic N) is 1. The molecule has 0 aliphatic carbocycles. The minimum Gasteiger partial charge on any atom is -0.379 e. The molecular weight excluding hydrogens is 417 g/mol. The number of rotatable bonds is 11. The van der Waals surface area contributed by atoms with Crippen molar-refractivity contribution in [2.24, 2.45) is 5.73 Å². The Bertz CT molecular complexity index is 860. The highest BCUT2D eigenvalue weighted by molar-refractivity contribution is 6.09. The highest BCUT2D eigenvalue weighted by Crippen LogP contribution is 2.29. The van der Waals surface area contributed by atoms with Crippen LogP contribution in [0.2, 0.25) is 0 Å². The largest absolute Gasteiger partial charge is 0.417 e. The Balaban J connectivity index is 1.89. The van der Waals surface area contributed by atoms with E-state index in [1.807, 2.05) is 0 Å². The zero-order valence-corrected chi connectivity index (χ0v) is 16.6. The Labute approximate surface area is 176 Å². The van der Waals surface area contributed by atoms with Gasteiger partial charge in [-0.25, -0.2) is 4.98 Å². The van der Waals surface area contributed by atoms with Crippen LogP contribution in [0.25, 0.3) is 0 Å². The molecule has 0 radical (unpaired) electrons. The molecule has 1 aromatic heterocycles.